The standard InChI is InChI=1S/C22H30O5/c1-11(2)15-17(25)13-10-14(24)20-21(4,5)8-7-9-22(20,6)16(13)18(26)19(15)27-12(3)23/h11,14,20,24H,7-10H2,1-6H3/t14-,20-,22+/m0/s1. The van der Waals surface area contributed by atoms with Gasteiger partial charge < -0.3 is 9.84 Å². The molecule has 3 aliphatic rings. The van der Waals surface area contributed by atoms with Gasteiger partial charge in [-0.1, -0.05) is 41.0 Å². The number of hydrogen-bond acceptors (Lipinski definition) is 5. The molecule has 3 atom stereocenters. The second-order valence-electron chi connectivity index (χ2n) is 9.51. The highest BCUT2D eigenvalue weighted by atomic mass is 16.5. The second kappa shape index (κ2) is 6.40. The van der Waals surface area contributed by atoms with E-state index in [2.05, 4.69) is 13.8 Å². The predicted molar refractivity (Wildman–Crippen MR) is 101 cm³/mol. The minimum Gasteiger partial charge on any atom is -0.422 e. The van der Waals surface area contributed by atoms with Crippen LogP contribution in [0.15, 0.2) is 22.5 Å². The van der Waals surface area contributed by atoms with E-state index in [4.69, 9.17) is 4.74 Å². The van der Waals surface area contributed by atoms with Gasteiger partial charge >= 0.3 is 5.97 Å². The number of aliphatic hydroxyl groups is 1. The lowest BCUT2D eigenvalue weighted by molar-refractivity contribution is -0.141. The molecule has 3 rings (SSSR count). The van der Waals surface area contributed by atoms with Crippen LogP contribution in [0.1, 0.15) is 67.2 Å². The number of hydrogen-bond donors (Lipinski definition) is 1. The first kappa shape index (κ1) is 20.0. The van der Waals surface area contributed by atoms with Gasteiger partial charge in [0.05, 0.1) is 6.10 Å². The van der Waals surface area contributed by atoms with Crippen molar-refractivity contribution in [2.45, 2.75) is 73.3 Å². The van der Waals surface area contributed by atoms with Crippen LogP contribution in [-0.4, -0.2) is 28.7 Å². The normalized spacial score (nSPS) is 33.2. The van der Waals surface area contributed by atoms with Gasteiger partial charge in [-0.3, -0.25) is 14.4 Å². The molecule has 0 heterocycles. The zero-order valence-corrected chi connectivity index (χ0v) is 17.1. The zero-order chi connectivity index (χ0) is 20.3. The molecule has 3 aliphatic carbocycles. The Hall–Kier alpha value is -1.75. The molecule has 0 bridgehead atoms. The summed E-state index contributed by atoms with van der Waals surface area (Å²) in [4.78, 5) is 38.4. The summed E-state index contributed by atoms with van der Waals surface area (Å²) in [6, 6.07) is 0. The Kier molecular flexibility index (Phi) is 4.74. The Labute approximate surface area is 160 Å². The topological polar surface area (TPSA) is 80.7 Å². The minimum atomic E-state index is -0.663. The van der Waals surface area contributed by atoms with E-state index in [0.717, 1.165) is 19.3 Å². The van der Waals surface area contributed by atoms with E-state index in [1.807, 2.05) is 20.8 Å². The monoisotopic (exact) mass is 374 g/mol. The molecule has 0 aromatic heterocycles. The molecule has 0 unspecified atom stereocenters. The fourth-order valence-electron chi connectivity index (χ4n) is 5.96. The van der Waals surface area contributed by atoms with Crippen LogP contribution in [0, 0.1) is 22.7 Å². The van der Waals surface area contributed by atoms with Crippen molar-refractivity contribution in [3.8, 4) is 0 Å². The SMILES string of the molecule is CC(=O)OC1=C(C(C)C)C(=O)C2=C(C1=O)[C@@]1(C)CCCC(C)(C)[C@@H]1[C@@H](O)C2. The third-order valence-corrected chi connectivity index (χ3v) is 6.74. The lowest BCUT2D eigenvalue weighted by Crippen LogP contribution is -2.55. The molecule has 27 heavy (non-hydrogen) atoms. The molecule has 0 amide bonds. The Balaban J connectivity index is 2.21. The highest BCUT2D eigenvalue weighted by Gasteiger charge is 2.58. The number of fused-ring (bicyclic) bond motifs is 2. The second-order valence-corrected chi connectivity index (χ2v) is 9.51. The molecule has 1 saturated carbocycles. The number of rotatable bonds is 2. The largest absolute Gasteiger partial charge is 0.422 e. The van der Waals surface area contributed by atoms with Crippen LogP contribution < -0.4 is 0 Å². The molecular formula is C22H30O5. The summed E-state index contributed by atoms with van der Waals surface area (Å²) in [6.07, 6.45) is 2.16. The van der Waals surface area contributed by atoms with Crippen LogP contribution in [0.3, 0.4) is 0 Å². The molecule has 0 spiro atoms. The maximum absolute atomic E-state index is 13.5. The molecular weight excluding hydrogens is 344 g/mol. The first-order chi connectivity index (χ1) is 12.4. The van der Waals surface area contributed by atoms with Crippen molar-refractivity contribution in [1.29, 1.82) is 0 Å². The maximum atomic E-state index is 13.5. The summed E-state index contributed by atoms with van der Waals surface area (Å²) in [5, 5.41) is 11.0. The zero-order valence-electron chi connectivity index (χ0n) is 17.1. The summed E-state index contributed by atoms with van der Waals surface area (Å²) in [5.41, 5.74) is 0.394. The lowest BCUT2D eigenvalue weighted by Gasteiger charge is -2.56. The summed E-state index contributed by atoms with van der Waals surface area (Å²) in [7, 11) is 0. The van der Waals surface area contributed by atoms with Crippen LogP contribution in [-0.2, 0) is 19.1 Å². The number of ketones is 2. The molecule has 1 fully saturated rings. The van der Waals surface area contributed by atoms with Crippen LogP contribution >= 0.6 is 0 Å². The summed E-state index contributed by atoms with van der Waals surface area (Å²) in [6.45, 7) is 11.1. The van der Waals surface area contributed by atoms with Gasteiger partial charge in [0, 0.05) is 35.5 Å². The van der Waals surface area contributed by atoms with E-state index in [0.29, 0.717) is 11.1 Å². The van der Waals surface area contributed by atoms with Gasteiger partial charge in [0.15, 0.2) is 11.5 Å². The van der Waals surface area contributed by atoms with Gasteiger partial charge in [-0.25, -0.2) is 0 Å². The summed E-state index contributed by atoms with van der Waals surface area (Å²) >= 11 is 0. The number of Topliss-reactive ketones (excluding diaryl/α,β-unsaturated/α-hetero) is 2. The van der Waals surface area contributed by atoms with Crippen molar-refractivity contribution in [3.63, 3.8) is 0 Å². The fourth-order valence-corrected chi connectivity index (χ4v) is 5.96. The molecule has 5 nitrogen and oxygen atoms in total. The van der Waals surface area contributed by atoms with Crippen molar-refractivity contribution in [2.75, 3.05) is 0 Å². The van der Waals surface area contributed by atoms with Crippen molar-refractivity contribution in [1.82, 2.24) is 0 Å². The van der Waals surface area contributed by atoms with Crippen LogP contribution in [0.25, 0.3) is 0 Å². The first-order valence-corrected chi connectivity index (χ1v) is 9.85. The van der Waals surface area contributed by atoms with Crippen LogP contribution in [0.5, 0.6) is 0 Å². The van der Waals surface area contributed by atoms with E-state index in [-0.39, 0.29) is 46.6 Å². The van der Waals surface area contributed by atoms with E-state index >= 15 is 0 Å². The first-order valence-electron chi connectivity index (χ1n) is 9.85. The van der Waals surface area contributed by atoms with E-state index in [1.165, 1.54) is 6.92 Å². The molecule has 1 N–H and O–H groups in total. The van der Waals surface area contributed by atoms with Crippen LogP contribution in [0.4, 0.5) is 0 Å². The van der Waals surface area contributed by atoms with E-state index < -0.39 is 17.5 Å². The fraction of sp³-hybridized carbons (Fsp3) is 0.682. The van der Waals surface area contributed by atoms with Gasteiger partial charge in [-0.05, 0) is 30.1 Å². The number of aliphatic hydroxyl groups excluding tert-OH is 1. The van der Waals surface area contributed by atoms with E-state index in [9.17, 15) is 19.5 Å². The molecule has 0 aromatic carbocycles. The summed E-state index contributed by atoms with van der Waals surface area (Å²) in [5.74, 6) is -1.68. The molecule has 148 valence electrons. The molecule has 0 aromatic rings. The smallest absolute Gasteiger partial charge is 0.308 e. The quantitative estimate of drug-likeness (QED) is 0.591. The Morgan fingerprint density at radius 1 is 1.15 bits per heavy atom. The van der Waals surface area contributed by atoms with Crippen molar-refractivity contribution in [3.05, 3.63) is 22.5 Å². The Morgan fingerprint density at radius 2 is 1.78 bits per heavy atom. The van der Waals surface area contributed by atoms with Gasteiger partial charge in [0.1, 0.15) is 0 Å². The predicted octanol–water partition coefficient (Wildman–Crippen LogP) is 3.51. The Bertz CT molecular complexity index is 783. The third kappa shape index (κ3) is 2.91. The van der Waals surface area contributed by atoms with Crippen LogP contribution in [0.2, 0.25) is 0 Å². The van der Waals surface area contributed by atoms with Gasteiger partial charge in [-0.2, -0.15) is 0 Å². The number of esters is 1. The molecule has 0 aliphatic heterocycles. The number of ether oxygens (including phenoxy) is 1. The van der Waals surface area contributed by atoms with Crippen molar-refractivity contribution < 1.29 is 24.2 Å². The number of carbonyl (C=O) groups is 3. The number of allylic oxidation sites excluding steroid dienone is 2. The van der Waals surface area contributed by atoms with Crippen molar-refractivity contribution >= 4 is 17.5 Å². The minimum absolute atomic E-state index is 0.110. The van der Waals surface area contributed by atoms with Crippen molar-refractivity contribution in [2.24, 2.45) is 22.7 Å². The third-order valence-electron chi connectivity index (χ3n) is 6.74. The average Bonchev–Trinajstić information content (AvgIpc) is 2.49. The van der Waals surface area contributed by atoms with Gasteiger partial charge in [0.2, 0.25) is 5.78 Å². The van der Waals surface area contributed by atoms with Gasteiger partial charge in [0.25, 0.3) is 0 Å². The molecule has 5 heteroatoms. The number of carbonyl (C=O) groups excluding carboxylic acids is 3. The Morgan fingerprint density at radius 3 is 2.33 bits per heavy atom. The highest BCUT2D eigenvalue weighted by molar-refractivity contribution is 6.25. The molecule has 0 saturated heterocycles. The summed E-state index contributed by atoms with van der Waals surface area (Å²) < 4.78 is 5.27. The lowest BCUT2D eigenvalue weighted by atomic mass is 9.48. The average molecular weight is 374 g/mol. The highest BCUT2D eigenvalue weighted by Crippen LogP contribution is 2.61. The van der Waals surface area contributed by atoms with Gasteiger partial charge in [-0.15, -0.1) is 0 Å². The molecule has 0 radical (unpaired) electrons. The van der Waals surface area contributed by atoms with E-state index in [1.54, 1.807) is 0 Å². The maximum Gasteiger partial charge on any atom is 0.308 e.